The topological polar surface area (TPSA) is 107 Å². The third kappa shape index (κ3) is 2.92. The van der Waals surface area contributed by atoms with Crippen LogP contribution in [0.15, 0.2) is 45.1 Å². The summed E-state index contributed by atoms with van der Waals surface area (Å²) in [7, 11) is 3.04. The lowest BCUT2D eigenvalue weighted by Crippen LogP contribution is -2.35. The Bertz CT molecular complexity index is 1130. The molecule has 3 aromatic rings. The van der Waals surface area contributed by atoms with Gasteiger partial charge in [0, 0.05) is 29.5 Å². The van der Waals surface area contributed by atoms with Crippen molar-refractivity contribution in [2.75, 3.05) is 0 Å². The standard InChI is InChI=1S/C13H11ClN4O4S/c1-17-6-8(5-15-17)7-18-12(19)10-4-9(23(14,21)22)2-3-11(10)16-13(18)20/h2-6H,7H2,1H3,(H,16,20). The monoisotopic (exact) mass is 354 g/mol. The van der Waals surface area contributed by atoms with E-state index in [0.717, 1.165) is 10.6 Å². The Morgan fingerprint density at radius 1 is 1.30 bits per heavy atom. The van der Waals surface area contributed by atoms with Gasteiger partial charge in [0.2, 0.25) is 0 Å². The van der Waals surface area contributed by atoms with Crippen molar-refractivity contribution < 1.29 is 8.42 Å². The van der Waals surface area contributed by atoms with E-state index in [1.54, 1.807) is 17.9 Å². The third-order valence-corrected chi connectivity index (χ3v) is 4.69. The van der Waals surface area contributed by atoms with Gasteiger partial charge in [-0.1, -0.05) is 0 Å². The van der Waals surface area contributed by atoms with Crippen molar-refractivity contribution in [3.8, 4) is 0 Å². The second-order valence-corrected chi connectivity index (χ2v) is 7.55. The molecule has 0 bridgehead atoms. The number of aromatic nitrogens is 4. The van der Waals surface area contributed by atoms with Crippen LogP contribution in [0.1, 0.15) is 5.56 Å². The predicted octanol–water partition coefficient (Wildman–Crippen LogP) is 0.399. The molecule has 0 spiro atoms. The van der Waals surface area contributed by atoms with Crippen LogP contribution in [0.2, 0.25) is 0 Å². The van der Waals surface area contributed by atoms with Crippen LogP contribution >= 0.6 is 10.7 Å². The molecule has 0 aliphatic heterocycles. The van der Waals surface area contributed by atoms with Crippen molar-refractivity contribution in [2.24, 2.45) is 7.05 Å². The number of aromatic amines is 1. The largest absolute Gasteiger partial charge is 0.329 e. The molecule has 0 amide bonds. The highest BCUT2D eigenvalue weighted by Gasteiger charge is 2.14. The zero-order valence-corrected chi connectivity index (χ0v) is 13.4. The fourth-order valence-electron chi connectivity index (χ4n) is 2.26. The van der Waals surface area contributed by atoms with Gasteiger partial charge < -0.3 is 4.98 Å². The van der Waals surface area contributed by atoms with Gasteiger partial charge in [0.25, 0.3) is 14.6 Å². The van der Waals surface area contributed by atoms with E-state index in [9.17, 15) is 18.0 Å². The molecule has 0 atom stereocenters. The second-order valence-electron chi connectivity index (χ2n) is 4.99. The van der Waals surface area contributed by atoms with Gasteiger partial charge in [0.1, 0.15) is 0 Å². The Balaban J connectivity index is 2.22. The first-order valence-electron chi connectivity index (χ1n) is 6.45. The minimum atomic E-state index is -3.97. The van der Waals surface area contributed by atoms with E-state index in [1.165, 1.54) is 18.3 Å². The smallest absolute Gasteiger partial charge is 0.307 e. The van der Waals surface area contributed by atoms with E-state index in [0.29, 0.717) is 5.56 Å². The molecule has 8 nitrogen and oxygen atoms in total. The molecule has 0 saturated heterocycles. The fourth-order valence-corrected chi connectivity index (χ4v) is 3.04. The van der Waals surface area contributed by atoms with Crippen molar-refractivity contribution >= 4 is 30.6 Å². The Kier molecular flexibility index (Phi) is 3.61. The van der Waals surface area contributed by atoms with Gasteiger partial charge in [-0.2, -0.15) is 5.10 Å². The number of fused-ring (bicyclic) bond motifs is 1. The maximum Gasteiger partial charge on any atom is 0.329 e. The van der Waals surface area contributed by atoms with Gasteiger partial charge in [-0.25, -0.2) is 13.2 Å². The van der Waals surface area contributed by atoms with E-state index in [-0.39, 0.29) is 22.3 Å². The summed E-state index contributed by atoms with van der Waals surface area (Å²) >= 11 is 0. The van der Waals surface area contributed by atoms with Crippen LogP contribution in [0.4, 0.5) is 0 Å². The number of halogens is 1. The Labute approximate surface area is 134 Å². The summed E-state index contributed by atoms with van der Waals surface area (Å²) in [6, 6.07) is 3.71. The molecule has 1 aromatic carbocycles. The van der Waals surface area contributed by atoms with Crippen molar-refractivity contribution in [1.29, 1.82) is 0 Å². The maximum atomic E-state index is 12.5. The molecular formula is C13H11ClN4O4S. The molecule has 3 rings (SSSR count). The van der Waals surface area contributed by atoms with Crippen LogP contribution in [0, 0.1) is 0 Å². The normalized spacial score (nSPS) is 11.9. The molecule has 2 aromatic heterocycles. The van der Waals surface area contributed by atoms with Gasteiger partial charge in [0.05, 0.1) is 28.5 Å². The maximum absolute atomic E-state index is 12.5. The lowest BCUT2D eigenvalue weighted by atomic mass is 10.2. The average Bonchev–Trinajstić information content (AvgIpc) is 2.87. The predicted molar refractivity (Wildman–Crippen MR) is 84.2 cm³/mol. The van der Waals surface area contributed by atoms with E-state index < -0.39 is 20.3 Å². The molecule has 0 aliphatic rings. The minimum absolute atomic E-state index is 0.0236. The number of nitrogens with one attached hydrogen (secondary N) is 1. The van der Waals surface area contributed by atoms with Crippen LogP contribution in [0.5, 0.6) is 0 Å². The molecule has 2 heterocycles. The fraction of sp³-hybridized carbons (Fsp3) is 0.154. The third-order valence-electron chi connectivity index (χ3n) is 3.33. The number of H-pyrrole nitrogens is 1. The first kappa shape index (κ1) is 15.5. The number of benzene rings is 1. The highest BCUT2D eigenvalue weighted by molar-refractivity contribution is 8.13. The number of hydrogen-bond acceptors (Lipinski definition) is 5. The second kappa shape index (κ2) is 5.36. The SMILES string of the molecule is Cn1cc(Cn2c(=O)[nH]c3ccc(S(=O)(=O)Cl)cc3c2=O)cn1. The summed E-state index contributed by atoms with van der Waals surface area (Å²) in [5, 5.41) is 4.04. The van der Waals surface area contributed by atoms with Crippen LogP contribution in [-0.4, -0.2) is 27.7 Å². The molecule has 0 unspecified atom stereocenters. The molecule has 10 heteroatoms. The number of hydrogen-bond donors (Lipinski definition) is 1. The van der Waals surface area contributed by atoms with Crippen LogP contribution in [0.3, 0.4) is 0 Å². The molecule has 23 heavy (non-hydrogen) atoms. The molecule has 0 fully saturated rings. The molecular weight excluding hydrogens is 344 g/mol. The number of nitrogens with zero attached hydrogens (tertiary/aromatic N) is 3. The van der Waals surface area contributed by atoms with Crippen molar-refractivity contribution in [2.45, 2.75) is 11.4 Å². The summed E-state index contributed by atoms with van der Waals surface area (Å²) in [4.78, 5) is 26.9. The molecule has 1 N–H and O–H groups in total. The molecule has 0 aliphatic carbocycles. The Morgan fingerprint density at radius 3 is 2.65 bits per heavy atom. The van der Waals surface area contributed by atoms with Gasteiger partial charge in [-0.3, -0.25) is 14.0 Å². The van der Waals surface area contributed by atoms with Crippen molar-refractivity contribution in [3.63, 3.8) is 0 Å². The lowest BCUT2D eigenvalue weighted by molar-refractivity contribution is 0.609. The van der Waals surface area contributed by atoms with E-state index in [2.05, 4.69) is 10.1 Å². The first-order valence-corrected chi connectivity index (χ1v) is 8.76. The Hall–Kier alpha value is -2.39. The van der Waals surface area contributed by atoms with Gasteiger partial charge in [-0.15, -0.1) is 0 Å². The lowest BCUT2D eigenvalue weighted by Gasteiger charge is -2.06. The highest BCUT2D eigenvalue weighted by atomic mass is 35.7. The summed E-state index contributed by atoms with van der Waals surface area (Å²) in [5.41, 5.74) is -0.283. The molecule has 0 saturated carbocycles. The van der Waals surface area contributed by atoms with E-state index >= 15 is 0 Å². The van der Waals surface area contributed by atoms with Crippen molar-refractivity contribution in [1.82, 2.24) is 19.3 Å². The van der Waals surface area contributed by atoms with Crippen LogP contribution < -0.4 is 11.2 Å². The van der Waals surface area contributed by atoms with Crippen LogP contribution in [-0.2, 0) is 22.6 Å². The average molecular weight is 355 g/mol. The number of aryl methyl sites for hydroxylation is 1. The van der Waals surface area contributed by atoms with Gasteiger partial charge in [0.15, 0.2) is 0 Å². The summed E-state index contributed by atoms with van der Waals surface area (Å²) in [6.07, 6.45) is 3.21. The Morgan fingerprint density at radius 2 is 2.04 bits per heavy atom. The highest BCUT2D eigenvalue weighted by Crippen LogP contribution is 2.18. The summed E-state index contributed by atoms with van der Waals surface area (Å²) in [6.45, 7) is 0.0236. The number of rotatable bonds is 3. The van der Waals surface area contributed by atoms with E-state index in [1.807, 2.05) is 0 Å². The zero-order chi connectivity index (χ0) is 16.8. The summed E-state index contributed by atoms with van der Waals surface area (Å²) < 4.78 is 25.3. The van der Waals surface area contributed by atoms with Gasteiger partial charge >= 0.3 is 5.69 Å². The summed E-state index contributed by atoms with van der Waals surface area (Å²) in [5.74, 6) is 0. The molecule has 120 valence electrons. The molecule has 0 radical (unpaired) electrons. The minimum Gasteiger partial charge on any atom is -0.307 e. The zero-order valence-electron chi connectivity index (χ0n) is 11.9. The van der Waals surface area contributed by atoms with E-state index in [4.69, 9.17) is 10.7 Å². The van der Waals surface area contributed by atoms with Crippen LogP contribution in [0.25, 0.3) is 10.9 Å². The first-order chi connectivity index (χ1) is 10.8. The van der Waals surface area contributed by atoms with Crippen molar-refractivity contribution in [3.05, 3.63) is 57.0 Å². The van der Waals surface area contributed by atoms with Gasteiger partial charge in [-0.05, 0) is 18.2 Å². The quantitative estimate of drug-likeness (QED) is 0.685.